The second-order valence-corrected chi connectivity index (χ2v) is 4.67. The number of nitrogens with zero attached hydrogens (tertiary/aromatic N) is 1. The minimum absolute atomic E-state index is 0.240. The number of hydrogen-bond donors (Lipinski definition) is 2. The van der Waals surface area contributed by atoms with E-state index < -0.39 is 0 Å². The van der Waals surface area contributed by atoms with Crippen LogP contribution in [0.4, 0.5) is 0 Å². The van der Waals surface area contributed by atoms with E-state index in [0.717, 1.165) is 25.9 Å². The normalized spacial score (nSPS) is 21.1. The van der Waals surface area contributed by atoms with E-state index in [1.54, 1.807) is 12.1 Å². The molecule has 1 aliphatic heterocycles. The first kappa shape index (κ1) is 11.4. The van der Waals surface area contributed by atoms with Gasteiger partial charge < -0.3 is 10.8 Å². The molecule has 0 spiro atoms. The second-order valence-electron chi connectivity index (χ2n) is 4.20. The van der Waals surface area contributed by atoms with Crippen LogP contribution in [0, 0.1) is 0 Å². The van der Waals surface area contributed by atoms with Crippen LogP contribution in [0.5, 0.6) is 5.75 Å². The Morgan fingerprint density at radius 1 is 1.44 bits per heavy atom. The number of benzene rings is 1. The van der Waals surface area contributed by atoms with E-state index >= 15 is 0 Å². The number of nitrogens with two attached hydrogens (primary N) is 1. The molecule has 0 aliphatic carbocycles. The van der Waals surface area contributed by atoms with E-state index in [2.05, 4.69) is 4.90 Å². The Morgan fingerprint density at radius 2 is 2.12 bits per heavy atom. The fraction of sp³-hybridized carbons (Fsp3) is 0.417. The first-order chi connectivity index (χ1) is 7.66. The topological polar surface area (TPSA) is 49.5 Å². The SMILES string of the molecule is NC(=S)C1CCCN1Cc1ccc(O)cc1. The summed E-state index contributed by atoms with van der Waals surface area (Å²) < 4.78 is 0. The maximum absolute atomic E-state index is 9.20. The zero-order valence-electron chi connectivity index (χ0n) is 9.10. The van der Waals surface area contributed by atoms with Crippen LogP contribution in [-0.2, 0) is 6.54 Å². The summed E-state index contributed by atoms with van der Waals surface area (Å²) >= 11 is 5.07. The highest BCUT2D eigenvalue weighted by Gasteiger charge is 2.26. The van der Waals surface area contributed by atoms with Gasteiger partial charge in [0.25, 0.3) is 0 Å². The highest BCUT2D eigenvalue weighted by molar-refractivity contribution is 7.80. The molecule has 0 saturated carbocycles. The van der Waals surface area contributed by atoms with Crippen molar-refractivity contribution in [2.24, 2.45) is 5.73 Å². The third kappa shape index (κ3) is 2.51. The van der Waals surface area contributed by atoms with Gasteiger partial charge in [-0.2, -0.15) is 0 Å². The Bertz CT molecular complexity index is 377. The van der Waals surface area contributed by atoms with Gasteiger partial charge in [0.1, 0.15) is 5.75 Å². The molecule has 16 heavy (non-hydrogen) atoms. The Hall–Kier alpha value is -1.13. The van der Waals surface area contributed by atoms with Crippen molar-refractivity contribution in [1.29, 1.82) is 0 Å². The van der Waals surface area contributed by atoms with Crippen molar-refractivity contribution in [2.45, 2.75) is 25.4 Å². The average molecular weight is 236 g/mol. The van der Waals surface area contributed by atoms with Crippen LogP contribution >= 0.6 is 12.2 Å². The lowest BCUT2D eigenvalue weighted by Gasteiger charge is -2.23. The molecule has 2 rings (SSSR count). The highest BCUT2D eigenvalue weighted by Crippen LogP contribution is 2.21. The molecule has 1 fully saturated rings. The third-order valence-electron chi connectivity index (χ3n) is 3.01. The minimum Gasteiger partial charge on any atom is -0.508 e. The molecule has 1 unspecified atom stereocenters. The summed E-state index contributed by atoms with van der Waals surface area (Å²) in [4.78, 5) is 2.89. The predicted molar refractivity (Wildman–Crippen MR) is 68.3 cm³/mol. The van der Waals surface area contributed by atoms with Crippen molar-refractivity contribution < 1.29 is 5.11 Å². The van der Waals surface area contributed by atoms with Gasteiger partial charge in [-0.05, 0) is 37.1 Å². The summed E-state index contributed by atoms with van der Waals surface area (Å²) in [7, 11) is 0. The van der Waals surface area contributed by atoms with Gasteiger partial charge in [0.05, 0.1) is 11.0 Å². The van der Waals surface area contributed by atoms with Crippen molar-refractivity contribution in [1.82, 2.24) is 4.90 Å². The van der Waals surface area contributed by atoms with E-state index in [0.29, 0.717) is 10.7 Å². The standard InChI is InChI=1S/C12H16N2OS/c13-12(16)11-2-1-7-14(11)8-9-3-5-10(15)6-4-9/h3-6,11,15H,1-2,7-8H2,(H2,13,16). The first-order valence-electron chi connectivity index (χ1n) is 5.48. The van der Waals surface area contributed by atoms with Crippen molar-refractivity contribution in [3.05, 3.63) is 29.8 Å². The van der Waals surface area contributed by atoms with Crippen LogP contribution in [0.25, 0.3) is 0 Å². The number of aromatic hydroxyl groups is 1. The van der Waals surface area contributed by atoms with Gasteiger partial charge >= 0.3 is 0 Å². The van der Waals surface area contributed by atoms with Gasteiger partial charge in [-0.3, -0.25) is 4.90 Å². The molecule has 86 valence electrons. The number of phenolic OH excluding ortho intramolecular Hbond substituents is 1. The van der Waals surface area contributed by atoms with Crippen molar-refractivity contribution in [3.8, 4) is 5.75 Å². The molecular formula is C12H16N2OS. The van der Waals surface area contributed by atoms with Crippen LogP contribution in [-0.4, -0.2) is 27.6 Å². The predicted octanol–water partition coefficient (Wildman–Crippen LogP) is 1.64. The van der Waals surface area contributed by atoms with Crippen LogP contribution in [0.3, 0.4) is 0 Å². The zero-order valence-corrected chi connectivity index (χ0v) is 9.91. The molecule has 3 nitrogen and oxygen atoms in total. The van der Waals surface area contributed by atoms with Gasteiger partial charge in [0.15, 0.2) is 0 Å². The molecule has 1 heterocycles. The molecule has 1 aromatic rings. The average Bonchev–Trinajstić information content (AvgIpc) is 2.69. The maximum atomic E-state index is 9.20. The molecule has 1 aromatic carbocycles. The molecular weight excluding hydrogens is 220 g/mol. The molecule has 1 saturated heterocycles. The van der Waals surface area contributed by atoms with Gasteiger partial charge in [-0.15, -0.1) is 0 Å². The summed E-state index contributed by atoms with van der Waals surface area (Å²) in [6, 6.07) is 7.53. The second kappa shape index (κ2) is 4.80. The van der Waals surface area contributed by atoms with Crippen molar-refractivity contribution in [2.75, 3.05) is 6.54 Å². The lowest BCUT2D eigenvalue weighted by atomic mass is 10.2. The highest BCUT2D eigenvalue weighted by atomic mass is 32.1. The third-order valence-corrected chi connectivity index (χ3v) is 3.29. The number of rotatable bonds is 3. The Balaban J connectivity index is 2.03. The van der Waals surface area contributed by atoms with Crippen molar-refractivity contribution in [3.63, 3.8) is 0 Å². The summed E-state index contributed by atoms with van der Waals surface area (Å²) in [6.07, 6.45) is 2.22. The van der Waals surface area contributed by atoms with E-state index in [1.807, 2.05) is 12.1 Å². The smallest absolute Gasteiger partial charge is 0.115 e. The van der Waals surface area contributed by atoms with Gasteiger partial charge in [-0.1, -0.05) is 24.4 Å². The van der Waals surface area contributed by atoms with Crippen LogP contribution in [0.15, 0.2) is 24.3 Å². The lowest BCUT2D eigenvalue weighted by molar-refractivity contribution is 0.295. The molecule has 3 N–H and O–H groups in total. The van der Waals surface area contributed by atoms with Crippen LogP contribution in [0.2, 0.25) is 0 Å². The monoisotopic (exact) mass is 236 g/mol. The van der Waals surface area contributed by atoms with Gasteiger partial charge in [0, 0.05) is 6.54 Å². The summed E-state index contributed by atoms with van der Waals surface area (Å²) in [5.74, 6) is 0.302. The van der Waals surface area contributed by atoms with Gasteiger partial charge in [0.2, 0.25) is 0 Å². The lowest BCUT2D eigenvalue weighted by Crippen LogP contribution is -2.38. The quantitative estimate of drug-likeness (QED) is 0.783. The summed E-state index contributed by atoms with van der Waals surface area (Å²) in [5, 5.41) is 9.20. The molecule has 1 aliphatic rings. The van der Waals surface area contributed by atoms with E-state index in [-0.39, 0.29) is 6.04 Å². The first-order valence-corrected chi connectivity index (χ1v) is 5.89. The molecule has 4 heteroatoms. The zero-order chi connectivity index (χ0) is 11.5. The summed E-state index contributed by atoms with van der Waals surface area (Å²) in [5.41, 5.74) is 6.90. The molecule has 0 amide bonds. The Labute approximate surface area is 101 Å². The Kier molecular flexibility index (Phi) is 3.41. The minimum atomic E-state index is 0.240. The summed E-state index contributed by atoms with van der Waals surface area (Å²) in [6.45, 7) is 1.89. The fourth-order valence-electron chi connectivity index (χ4n) is 2.17. The van der Waals surface area contributed by atoms with E-state index in [9.17, 15) is 5.11 Å². The number of phenols is 1. The van der Waals surface area contributed by atoms with Crippen LogP contribution < -0.4 is 5.73 Å². The Morgan fingerprint density at radius 3 is 2.75 bits per heavy atom. The van der Waals surface area contributed by atoms with Gasteiger partial charge in [-0.25, -0.2) is 0 Å². The van der Waals surface area contributed by atoms with E-state index in [1.165, 1.54) is 5.56 Å². The molecule has 0 bridgehead atoms. The number of thiocarbonyl (C=S) groups is 1. The number of likely N-dealkylation sites (tertiary alicyclic amines) is 1. The molecule has 1 atom stereocenters. The maximum Gasteiger partial charge on any atom is 0.115 e. The van der Waals surface area contributed by atoms with Crippen molar-refractivity contribution >= 4 is 17.2 Å². The number of hydrogen-bond acceptors (Lipinski definition) is 3. The van der Waals surface area contributed by atoms with Crippen LogP contribution in [0.1, 0.15) is 18.4 Å². The molecule has 0 aromatic heterocycles. The molecule has 0 radical (unpaired) electrons. The largest absolute Gasteiger partial charge is 0.508 e. The van der Waals surface area contributed by atoms with E-state index in [4.69, 9.17) is 18.0 Å². The fourth-order valence-corrected chi connectivity index (χ4v) is 2.44.